The van der Waals surface area contributed by atoms with E-state index in [0.717, 1.165) is 23.1 Å². The van der Waals surface area contributed by atoms with E-state index >= 15 is 0 Å². The van der Waals surface area contributed by atoms with Gasteiger partial charge in [-0.15, -0.1) is 11.3 Å². The average molecular weight is 826 g/mol. The van der Waals surface area contributed by atoms with Crippen LogP contribution in [0.1, 0.15) is 35.9 Å². The van der Waals surface area contributed by atoms with E-state index in [1.165, 1.54) is 22.7 Å². The van der Waals surface area contributed by atoms with E-state index < -0.39 is 18.0 Å². The SMILES string of the molecule is CCOC(=O)COc1c(I)cc(/C=c2\sc3n(c2=O)[C@H](c2cccs2)C(C(=O)OCC)=C(c2ccccc2)N=3)cc1I. The molecule has 12 heteroatoms. The number of ether oxygens (including phenoxy) is 3. The van der Waals surface area contributed by atoms with Crippen molar-refractivity contribution in [1.29, 1.82) is 0 Å². The van der Waals surface area contributed by atoms with Crippen LogP contribution in [-0.4, -0.2) is 36.3 Å². The molecule has 0 fully saturated rings. The fourth-order valence-electron chi connectivity index (χ4n) is 4.44. The van der Waals surface area contributed by atoms with Crippen LogP contribution < -0.4 is 19.6 Å². The van der Waals surface area contributed by atoms with Crippen LogP contribution in [0.15, 0.2) is 75.3 Å². The highest BCUT2D eigenvalue weighted by Gasteiger charge is 2.35. The highest BCUT2D eigenvalue weighted by atomic mass is 127. The summed E-state index contributed by atoms with van der Waals surface area (Å²) in [6, 6.07) is 16.4. The zero-order valence-electron chi connectivity index (χ0n) is 22.5. The lowest BCUT2D eigenvalue weighted by atomic mass is 9.97. The van der Waals surface area contributed by atoms with Gasteiger partial charge in [0, 0.05) is 10.4 Å². The van der Waals surface area contributed by atoms with Crippen LogP contribution in [0.2, 0.25) is 0 Å². The van der Waals surface area contributed by atoms with Crippen LogP contribution in [0.5, 0.6) is 5.75 Å². The lowest BCUT2D eigenvalue weighted by Gasteiger charge is -2.24. The Kier molecular flexibility index (Phi) is 9.96. The molecular weight excluding hydrogens is 802 g/mol. The number of rotatable bonds is 9. The lowest BCUT2D eigenvalue weighted by molar-refractivity contribution is -0.145. The number of esters is 2. The first-order valence-corrected chi connectivity index (χ1v) is 16.8. The molecule has 0 N–H and O–H groups in total. The van der Waals surface area contributed by atoms with Gasteiger partial charge in [0.15, 0.2) is 11.4 Å². The van der Waals surface area contributed by atoms with Gasteiger partial charge in [-0.3, -0.25) is 9.36 Å². The quantitative estimate of drug-likeness (QED) is 0.171. The fraction of sp³-hybridized carbons (Fsp3) is 0.200. The number of hydrogen-bond donors (Lipinski definition) is 0. The Labute approximate surface area is 276 Å². The number of nitrogens with zero attached hydrogens (tertiary/aromatic N) is 2. The first kappa shape index (κ1) is 30.6. The third kappa shape index (κ3) is 6.40. The first-order valence-electron chi connectivity index (χ1n) is 12.9. The Bertz CT molecular complexity index is 1820. The second-order valence-electron chi connectivity index (χ2n) is 8.85. The summed E-state index contributed by atoms with van der Waals surface area (Å²) in [4.78, 5) is 45.4. The van der Waals surface area contributed by atoms with E-state index in [1.54, 1.807) is 18.4 Å². The molecule has 0 radical (unpaired) electrons. The number of carbonyl (C=O) groups is 2. The number of benzene rings is 2. The van der Waals surface area contributed by atoms with Gasteiger partial charge >= 0.3 is 11.9 Å². The van der Waals surface area contributed by atoms with Crippen molar-refractivity contribution in [3.8, 4) is 5.75 Å². The summed E-state index contributed by atoms with van der Waals surface area (Å²) < 4.78 is 19.8. The molecule has 0 spiro atoms. The summed E-state index contributed by atoms with van der Waals surface area (Å²) in [7, 11) is 0. The maximum atomic E-state index is 14.0. The number of aromatic nitrogens is 1. The van der Waals surface area contributed by atoms with Crippen LogP contribution in [0.3, 0.4) is 0 Å². The van der Waals surface area contributed by atoms with Crippen molar-refractivity contribution in [3.05, 3.63) is 108 Å². The second-order valence-corrected chi connectivity index (χ2v) is 13.2. The zero-order valence-corrected chi connectivity index (χ0v) is 28.4. The maximum Gasteiger partial charge on any atom is 0.344 e. The molecule has 4 aromatic rings. The van der Waals surface area contributed by atoms with E-state index in [4.69, 9.17) is 19.2 Å². The van der Waals surface area contributed by atoms with E-state index in [-0.39, 0.29) is 25.4 Å². The minimum Gasteiger partial charge on any atom is -0.480 e. The summed E-state index contributed by atoms with van der Waals surface area (Å²) in [5, 5.41) is 1.92. The van der Waals surface area contributed by atoms with Gasteiger partial charge in [-0.1, -0.05) is 47.7 Å². The summed E-state index contributed by atoms with van der Waals surface area (Å²) >= 11 is 7.03. The standard InChI is InChI=1S/C30H24I2N2O6S2/c1-3-38-23(35)16-40-27-19(31)13-17(14-20(27)32)15-22-28(36)34-26(21-11-8-12-41-21)24(29(37)39-4-2)25(33-30(34)42-22)18-9-6-5-7-10-18/h5-15,26H,3-4,16H2,1-2H3/b22-15-/t26-/m1/s1. The summed E-state index contributed by atoms with van der Waals surface area (Å²) in [5.74, 6) is -0.367. The van der Waals surface area contributed by atoms with Crippen LogP contribution in [0.25, 0.3) is 11.8 Å². The van der Waals surface area contributed by atoms with E-state index in [9.17, 15) is 14.4 Å². The van der Waals surface area contributed by atoms with Gasteiger partial charge in [0.05, 0.1) is 36.2 Å². The first-order chi connectivity index (χ1) is 20.3. The Hall–Kier alpha value is -2.82. The van der Waals surface area contributed by atoms with Gasteiger partial charge in [0.2, 0.25) is 0 Å². The van der Waals surface area contributed by atoms with Crippen molar-refractivity contribution < 1.29 is 23.8 Å². The number of halogens is 2. The van der Waals surface area contributed by atoms with Crippen molar-refractivity contribution in [3.63, 3.8) is 0 Å². The summed E-state index contributed by atoms with van der Waals surface area (Å²) in [6.45, 7) is 3.79. The second kappa shape index (κ2) is 13.7. The van der Waals surface area contributed by atoms with E-state index in [0.29, 0.717) is 26.4 Å². The molecule has 0 amide bonds. The zero-order chi connectivity index (χ0) is 29.8. The maximum absolute atomic E-state index is 14.0. The Balaban J connectivity index is 1.65. The van der Waals surface area contributed by atoms with Gasteiger partial charge in [-0.2, -0.15) is 0 Å². The molecule has 0 saturated heterocycles. The summed E-state index contributed by atoms with van der Waals surface area (Å²) in [5.41, 5.74) is 2.13. The summed E-state index contributed by atoms with van der Waals surface area (Å²) in [6.07, 6.45) is 1.81. The monoisotopic (exact) mass is 826 g/mol. The van der Waals surface area contributed by atoms with Crippen molar-refractivity contribution in [2.75, 3.05) is 19.8 Å². The van der Waals surface area contributed by atoms with Crippen molar-refractivity contribution >= 4 is 91.6 Å². The molecule has 2 aromatic heterocycles. The molecule has 1 atom stereocenters. The Morgan fingerprint density at radius 1 is 1.02 bits per heavy atom. The number of hydrogen-bond acceptors (Lipinski definition) is 9. The number of fused-ring (bicyclic) bond motifs is 1. The van der Waals surface area contributed by atoms with Gasteiger partial charge in [-0.25, -0.2) is 14.6 Å². The molecule has 0 saturated carbocycles. The van der Waals surface area contributed by atoms with Gasteiger partial charge in [-0.05, 0) is 94.2 Å². The van der Waals surface area contributed by atoms with E-state index in [1.807, 2.05) is 66.1 Å². The lowest BCUT2D eigenvalue weighted by Crippen LogP contribution is -2.39. The predicted molar refractivity (Wildman–Crippen MR) is 179 cm³/mol. The van der Waals surface area contributed by atoms with Crippen molar-refractivity contribution in [2.24, 2.45) is 4.99 Å². The van der Waals surface area contributed by atoms with Crippen molar-refractivity contribution in [2.45, 2.75) is 19.9 Å². The Morgan fingerprint density at radius 2 is 1.74 bits per heavy atom. The molecular formula is C30H24I2N2O6S2. The minimum atomic E-state index is -0.684. The molecule has 1 aliphatic rings. The Morgan fingerprint density at radius 3 is 2.38 bits per heavy atom. The van der Waals surface area contributed by atoms with Crippen LogP contribution in [0, 0.1) is 7.14 Å². The van der Waals surface area contributed by atoms with Gasteiger partial charge < -0.3 is 14.2 Å². The molecule has 3 heterocycles. The molecule has 42 heavy (non-hydrogen) atoms. The smallest absolute Gasteiger partial charge is 0.344 e. The molecule has 1 aliphatic heterocycles. The fourth-order valence-corrected chi connectivity index (χ4v) is 8.39. The average Bonchev–Trinajstić information content (AvgIpc) is 3.61. The highest BCUT2D eigenvalue weighted by Crippen LogP contribution is 2.37. The highest BCUT2D eigenvalue weighted by molar-refractivity contribution is 14.1. The van der Waals surface area contributed by atoms with Crippen LogP contribution >= 0.6 is 67.9 Å². The molecule has 0 aliphatic carbocycles. The predicted octanol–water partition coefficient (Wildman–Crippen LogP) is 5.15. The van der Waals surface area contributed by atoms with Crippen LogP contribution in [0.4, 0.5) is 0 Å². The van der Waals surface area contributed by atoms with Gasteiger partial charge in [0.1, 0.15) is 11.8 Å². The molecule has 2 aromatic carbocycles. The molecule has 0 bridgehead atoms. The van der Waals surface area contributed by atoms with Crippen LogP contribution in [-0.2, 0) is 19.1 Å². The van der Waals surface area contributed by atoms with Crippen molar-refractivity contribution in [1.82, 2.24) is 4.57 Å². The number of carbonyl (C=O) groups excluding carboxylic acids is 2. The normalized spacial score (nSPS) is 14.8. The third-order valence-corrected chi connectivity index (χ3v) is 9.65. The van der Waals surface area contributed by atoms with E-state index in [2.05, 4.69) is 45.2 Å². The topological polar surface area (TPSA) is 96.2 Å². The number of thiazole rings is 1. The largest absolute Gasteiger partial charge is 0.480 e. The molecule has 216 valence electrons. The van der Waals surface area contributed by atoms with Gasteiger partial charge in [0.25, 0.3) is 5.56 Å². The molecule has 8 nitrogen and oxygen atoms in total. The molecule has 0 unspecified atom stereocenters. The minimum absolute atomic E-state index is 0.187. The third-order valence-electron chi connectivity index (χ3n) is 6.14. The molecule has 5 rings (SSSR count). The number of thiophene rings is 1.